The summed E-state index contributed by atoms with van der Waals surface area (Å²) in [7, 11) is 1.86. The number of aryl methyl sites for hydroxylation is 1. The van der Waals surface area contributed by atoms with Crippen LogP contribution in [0.4, 0.5) is 5.95 Å². The highest BCUT2D eigenvalue weighted by Gasteiger charge is 2.27. The molecule has 6 nitrogen and oxygen atoms in total. The minimum atomic E-state index is -0.522. The van der Waals surface area contributed by atoms with Crippen molar-refractivity contribution in [1.82, 2.24) is 14.5 Å². The lowest BCUT2D eigenvalue weighted by molar-refractivity contribution is -0.133. The molecule has 1 aromatic heterocycles. The van der Waals surface area contributed by atoms with Crippen LogP contribution in [0, 0.1) is 0 Å². The van der Waals surface area contributed by atoms with Crippen LogP contribution in [0.25, 0.3) is 11.0 Å². The molecule has 1 N–H and O–H groups in total. The van der Waals surface area contributed by atoms with E-state index in [0.717, 1.165) is 24.1 Å². The van der Waals surface area contributed by atoms with Crippen LogP contribution in [0.5, 0.6) is 0 Å². The fourth-order valence-electron chi connectivity index (χ4n) is 3.32. The molecule has 0 spiro atoms. The zero-order valence-electron chi connectivity index (χ0n) is 15.1. The first-order chi connectivity index (χ1) is 13.1. The Labute approximate surface area is 162 Å². The number of hydrogen-bond donors (Lipinski definition) is 1. The van der Waals surface area contributed by atoms with Gasteiger partial charge in [-0.1, -0.05) is 41.9 Å². The molecule has 0 aliphatic carbocycles. The van der Waals surface area contributed by atoms with E-state index in [0.29, 0.717) is 24.1 Å². The topological polar surface area (TPSA) is 59.4 Å². The van der Waals surface area contributed by atoms with Crippen molar-refractivity contribution in [1.29, 1.82) is 0 Å². The van der Waals surface area contributed by atoms with Crippen molar-refractivity contribution in [3.63, 3.8) is 0 Å². The number of nitrogens with one attached hydrogen (secondary N) is 1. The lowest BCUT2D eigenvalue weighted by atomic mass is 10.2. The number of imidazole rings is 1. The van der Waals surface area contributed by atoms with Crippen LogP contribution in [0.1, 0.15) is 5.56 Å². The molecule has 1 amide bonds. The van der Waals surface area contributed by atoms with Crippen LogP contribution in [0.3, 0.4) is 0 Å². The number of morpholine rings is 1. The molecule has 1 aliphatic heterocycles. The number of aromatic nitrogens is 2. The van der Waals surface area contributed by atoms with E-state index >= 15 is 0 Å². The Morgan fingerprint density at radius 2 is 2.11 bits per heavy atom. The lowest BCUT2D eigenvalue weighted by Gasteiger charge is -2.32. The van der Waals surface area contributed by atoms with Crippen molar-refractivity contribution in [2.24, 2.45) is 7.05 Å². The predicted octanol–water partition coefficient (Wildman–Crippen LogP) is 3.07. The van der Waals surface area contributed by atoms with E-state index in [1.807, 2.05) is 41.9 Å². The van der Waals surface area contributed by atoms with Gasteiger partial charge in [-0.2, -0.15) is 0 Å². The number of carbonyl (C=O) groups excluding carboxylic acids is 1. The van der Waals surface area contributed by atoms with Crippen LogP contribution >= 0.6 is 11.6 Å². The summed E-state index contributed by atoms with van der Waals surface area (Å²) in [5.74, 6) is 0.304. The second-order valence-electron chi connectivity index (χ2n) is 6.70. The zero-order valence-corrected chi connectivity index (χ0v) is 15.8. The Hall–Kier alpha value is -2.41. The molecule has 140 valence electrons. The Kier molecular flexibility index (Phi) is 5.11. The number of halogens is 1. The van der Waals surface area contributed by atoms with Crippen molar-refractivity contribution in [3.05, 3.63) is 59.1 Å². The molecular formula is C20H21ClN4O2. The molecule has 0 bridgehead atoms. The maximum Gasteiger partial charge on any atom is 0.257 e. The Balaban J connectivity index is 1.44. The maximum absolute atomic E-state index is 12.7. The summed E-state index contributed by atoms with van der Waals surface area (Å²) in [6, 6.07) is 15.7. The van der Waals surface area contributed by atoms with Gasteiger partial charge in [-0.15, -0.1) is 0 Å². The largest absolute Gasteiger partial charge is 0.366 e. The minimum absolute atomic E-state index is 0.183. The Morgan fingerprint density at radius 1 is 1.30 bits per heavy atom. The van der Waals surface area contributed by atoms with Gasteiger partial charge in [0.25, 0.3) is 5.91 Å². The number of nitrogens with zero attached hydrogens (tertiary/aromatic N) is 3. The van der Waals surface area contributed by atoms with Gasteiger partial charge in [-0.3, -0.25) is 15.0 Å². The van der Waals surface area contributed by atoms with E-state index in [2.05, 4.69) is 27.3 Å². The standard InChI is InChI=1S/C20H21ClN4O2/c1-24-17-8-7-15(21)11-16(17)22-20(24)23-19(26)18-13-25(9-10-27-18)12-14-5-3-2-4-6-14/h2-8,11,18H,9-10,12-13H2,1H3,(H,22,23,26). The second-order valence-corrected chi connectivity index (χ2v) is 7.13. The number of rotatable bonds is 4. The van der Waals surface area contributed by atoms with Crippen LogP contribution in [0.2, 0.25) is 5.02 Å². The van der Waals surface area contributed by atoms with Gasteiger partial charge in [-0.25, -0.2) is 4.98 Å². The molecule has 1 fully saturated rings. The van der Waals surface area contributed by atoms with Gasteiger partial charge in [0.2, 0.25) is 5.95 Å². The summed E-state index contributed by atoms with van der Waals surface area (Å²) in [5, 5.41) is 3.51. The van der Waals surface area contributed by atoms with Gasteiger partial charge >= 0.3 is 0 Å². The van der Waals surface area contributed by atoms with Crippen molar-refractivity contribution < 1.29 is 9.53 Å². The Morgan fingerprint density at radius 3 is 2.93 bits per heavy atom. The number of benzene rings is 2. The van der Waals surface area contributed by atoms with Gasteiger partial charge in [0.05, 0.1) is 17.6 Å². The molecule has 2 heterocycles. The van der Waals surface area contributed by atoms with E-state index in [1.165, 1.54) is 5.56 Å². The highest BCUT2D eigenvalue weighted by molar-refractivity contribution is 6.31. The van der Waals surface area contributed by atoms with E-state index in [4.69, 9.17) is 16.3 Å². The monoisotopic (exact) mass is 384 g/mol. The molecule has 3 aromatic rings. The third kappa shape index (κ3) is 3.98. The zero-order chi connectivity index (χ0) is 18.8. The van der Waals surface area contributed by atoms with E-state index in [-0.39, 0.29) is 5.91 Å². The molecule has 4 rings (SSSR count). The smallest absolute Gasteiger partial charge is 0.257 e. The third-order valence-corrected chi connectivity index (χ3v) is 5.00. The third-order valence-electron chi connectivity index (χ3n) is 4.77. The van der Waals surface area contributed by atoms with Crippen molar-refractivity contribution >= 4 is 34.5 Å². The minimum Gasteiger partial charge on any atom is -0.366 e. The number of ether oxygens (including phenoxy) is 1. The summed E-state index contributed by atoms with van der Waals surface area (Å²) < 4.78 is 7.54. The van der Waals surface area contributed by atoms with E-state index in [9.17, 15) is 4.79 Å². The fourth-order valence-corrected chi connectivity index (χ4v) is 3.49. The summed E-state index contributed by atoms with van der Waals surface area (Å²) in [6.45, 7) is 2.70. The molecular weight excluding hydrogens is 364 g/mol. The van der Waals surface area contributed by atoms with Gasteiger partial charge < -0.3 is 9.30 Å². The highest BCUT2D eigenvalue weighted by Crippen LogP contribution is 2.22. The number of hydrogen-bond acceptors (Lipinski definition) is 4. The lowest BCUT2D eigenvalue weighted by Crippen LogP contribution is -2.47. The molecule has 0 radical (unpaired) electrons. The van der Waals surface area contributed by atoms with Crippen LogP contribution < -0.4 is 5.32 Å². The number of fused-ring (bicyclic) bond motifs is 1. The van der Waals surface area contributed by atoms with Crippen molar-refractivity contribution in [3.8, 4) is 0 Å². The molecule has 1 atom stereocenters. The normalized spacial score (nSPS) is 17.9. The molecule has 1 saturated heterocycles. The first-order valence-electron chi connectivity index (χ1n) is 8.91. The summed E-state index contributed by atoms with van der Waals surface area (Å²) in [5.41, 5.74) is 2.88. The van der Waals surface area contributed by atoms with Gasteiger partial charge in [0.15, 0.2) is 0 Å². The molecule has 0 saturated carbocycles. The molecule has 1 unspecified atom stereocenters. The average Bonchev–Trinajstić information content (AvgIpc) is 2.97. The highest BCUT2D eigenvalue weighted by atomic mass is 35.5. The summed E-state index contributed by atoms with van der Waals surface area (Å²) in [6.07, 6.45) is -0.522. The first kappa shape index (κ1) is 18.0. The van der Waals surface area contributed by atoms with E-state index in [1.54, 1.807) is 6.07 Å². The van der Waals surface area contributed by atoms with Crippen LogP contribution in [0.15, 0.2) is 48.5 Å². The molecule has 1 aliphatic rings. The number of carbonyl (C=O) groups is 1. The maximum atomic E-state index is 12.7. The number of anilines is 1. The molecule has 27 heavy (non-hydrogen) atoms. The average molecular weight is 385 g/mol. The first-order valence-corrected chi connectivity index (χ1v) is 9.28. The molecule has 2 aromatic carbocycles. The second kappa shape index (κ2) is 7.68. The van der Waals surface area contributed by atoms with Crippen LogP contribution in [-0.2, 0) is 23.1 Å². The SMILES string of the molecule is Cn1c(NC(=O)C2CN(Cc3ccccc3)CCO2)nc2cc(Cl)ccc21. The summed E-state index contributed by atoms with van der Waals surface area (Å²) in [4.78, 5) is 19.4. The Bertz CT molecular complexity index is 957. The van der Waals surface area contributed by atoms with Crippen molar-refractivity contribution in [2.75, 3.05) is 25.0 Å². The quantitative estimate of drug-likeness (QED) is 0.751. The van der Waals surface area contributed by atoms with Crippen molar-refractivity contribution in [2.45, 2.75) is 12.6 Å². The summed E-state index contributed by atoms with van der Waals surface area (Å²) >= 11 is 6.03. The van der Waals surface area contributed by atoms with Gasteiger partial charge in [-0.05, 0) is 23.8 Å². The van der Waals surface area contributed by atoms with Gasteiger partial charge in [0.1, 0.15) is 6.10 Å². The predicted molar refractivity (Wildman–Crippen MR) is 106 cm³/mol. The van der Waals surface area contributed by atoms with Gasteiger partial charge in [0, 0.05) is 31.7 Å². The fraction of sp³-hybridized carbons (Fsp3) is 0.300. The van der Waals surface area contributed by atoms with Crippen LogP contribution in [-0.4, -0.2) is 46.2 Å². The molecule has 7 heteroatoms. The van der Waals surface area contributed by atoms with E-state index < -0.39 is 6.10 Å². The number of amides is 1.